The van der Waals surface area contributed by atoms with Crippen LogP contribution < -0.4 is 10.6 Å². The van der Waals surface area contributed by atoms with E-state index in [1.165, 1.54) is 0 Å². The van der Waals surface area contributed by atoms with E-state index in [-0.39, 0.29) is 11.8 Å². The van der Waals surface area contributed by atoms with Gasteiger partial charge in [0.25, 0.3) is 11.8 Å². The van der Waals surface area contributed by atoms with Gasteiger partial charge in [0.1, 0.15) is 0 Å². The van der Waals surface area contributed by atoms with Crippen LogP contribution in [-0.4, -0.2) is 17.9 Å². The molecule has 1 aromatic rings. The van der Waals surface area contributed by atoms with Gasteiger partial charge in [-0.05, 0) is 31.0 Å². The number of rotatable bonds is 6. The van der Waals surface area contributed by atoms with Crippen LogP contribution in [0.3, 0.4) is 0 Å². The van der Waals surface area contributed by atoms with Crippen LogP contribution in [-0.2, 0) is 0 Å². The molecular formula is C15H20N2O2. The summed E-state index contributed by atoms with van der Waals surface area (Å²) in [4.78, 5) is 23.1. The fraction of sp³-hybridized carbons (Fsp3) is 0.467. The highest BCUT2D eigenvalue weighted by Gasteiger charge is 2.26. The maximum Gasteiger partial charge on any atom is 0.259 e. The number of nitrogens with one attached hydrogen (secondary N) is 2. The number of carbonyl (C=O) groups excluding carboxylic acids is 2. The third-order valence-electron chi connectivity index (χ3n) is 3.38. The molecule has 0 atom stereocenters. The van der Waals surface area contributed by atoms with Gasteiger partial charge in [-0.15, -0.1) is 0 Å². The van der Waals surface area contributed by atoms with Gasteiger partial charge >= 0.3 is 0 Å². The van der Waals surface area contributed by atoms with Crippen LogP contribution in [0.5, 0.6) is 0 Å². The maximum absolute atomic E-state index is 11.6. The van der Waals surface area contributed by atoms with Gasteiger partial charge in [0, 0.05) is 11.7 Å². The summed E-state index contributed by atoms with van der Waals surface area (Å²) in [5.74, 6) is -0.601. The summed E-state index contributed by atoms with van der Waals surface area (Å²) in [5, 5.41) is 5.76. The molecule has 0 spiro atoms. The largest absolute Gasteiger partial charge is 0.382 e. The number of imide groups is 1. The van der Waals surface area contributed by atoms with Crippen LogP contribution in [0.4, 0.5) is 5.69 Å². The first-order valence-corrected chi connectivity index (χ1v) is 6.92. The minimum atomic E-state index is -0.301. The Balaban J connectivity index is 2.16. The van der Waals surface area contributed by atoms with Crippen LogP contribution >= 0.6 is 0 Å². The molecule has 1 aliphatic rings. The van der Waals surface area contributed by atoms with Crippen LogP contribution in [0.1, 0.15) is 60.2 Å². The molecule has 1 heterocycles. The highest BCUT2D eigenvalue weighted by atomic mass is 16.2. The Morgan fingerprint density at radius 1 is 1.05 bits per heavy atom. The van der Waals surface area contributed by atoms with E-state index in [2.05, 4.69) is 24.5 Å². The molecule has 0 bridgehead atoms. The molecule has 1 aliphatic heterocycles. The van der Waals surface area contributed by atoms with E-state index in [1.54, 1.807) is 12.1 Å². The Morgan fingerprint density at radius 3 is 2.32 bits per heavy atom. The zero-order chi connectivity index (χ0) is 13.8. The fourth-order valence-electron chi connectivity index (χ4n) is 2.48. The molecular weight excluding hydrogens is 240 g/mol. The average molecular weight is 260 g/mol. The van der Waals surface area contributed by atoms with Crippen LogP contribution in [0.15, 0.2) is 18.2 Å². The minimum absolute atomic E-state index is 0.300. The van der Waals surface area contributed by atoms with Gasteiger partial charge in [-0.25, -0.2) is 0 Å². The van der Waals surface area contributed by atoms with Crippen molar-refractivity contribution >= 4 is 17.5 Å². The topological polar surface area (TPSA) is 58.2 Å². The standard InChI is InChI=1S/C15H20N2O2/c1-3-5-10(6-4-2)16-11-7-8-12-13(9-11)15(19)17-14(12)18/h7-10,16H,3-6H2,1-2H3,(H,17,18,19). The lowest BCUT2D eigenvalue weighted by atomic mass is 10.0. The van der Waals surface area contributed by atoms with E-state index in [0.717, 1.165) is 31.4 Å². The molecule has 0 saturated heterocycles. The van der Waals surface area contributed by atoms with Crippen molar-refractivity contribution in [2.75, 3.05) is 5.32 Å². The third kappa shape index (κ3) is 2.95. The van der Waals surface area contributed by atoms with Crippen LogP contribution in [0.25, 0.3) is 0 Å². The van der Waals surface area contributed by atoms with Gasteiger partial charge in [0.05, 0.1) is 11.1 Å². The first-order chi connectivity index (χ1) is 9.15. The van der Waals surface area contributed by atoms with Crippen molar-refractivity contribution in [3.05, 3.63) is 29.3 Å². The van der Waals surface area contributed by atoms with E-state index in [4.69, 9.17) is 0 Å². The molecule has 0 aliphatic carbocycles. The number of hydrogen-bond donors (Lipinski definition) is 2. The van der Waals surface area contributed by atoms with Crippen molar-refractivity contribution in [1.82, 2.24) is 5.32 Å². The van der Waals surface area contributed by atoms with E-state index in [1.807, 2.05) is 6.07 Å². The predicted molar refractivity (Wildman–Crippen MR) is 75.5 cm³/mol. The molecule has 0 radical (unpaired) electrons. The number of benzene rings is 1. The van der Waals surface area contributed by atoms with Crippen LogP contribution in [0.2, 0.25) is 0 Å². The van der Waals surface area contributed by atoms with Crippen molar-refractivity contribution < 1.29 is 9.59 Å². The fourth-order valence-corrected chi connectivity index (χ4v) is 2.48. The summed E-state index contributed by atoms with van der Waals surface area (Å²) in [6.07, 6.45) is 4.47. The number of hydrogen-bond acceptors (Lipinski definition) is 3. The molecule has 102 valence electrons. The molecule has 2 rings (SSSR count). The molecule has 2 N–H and O–H groups in total. The van der Waals surface area contributed by atoms with Gasteiger partial charge in [-0.2, -0.15) is 0 Å². The third-order valence-corrected chi connectivity index (χ3v) is 3.38. The quantitative estimate of drug-likeness (QED) is 0.773. The molecule has 4 nitrogen and oxygen atoms in total. The van der Waals surface area contributed by atoms with Crippen molar-refractivity contribution in [2.24, 2.45) is 0 Å². The number of carbonyl (C=O) groups is 2. The molecule has 0 fully saturated rings. The minimum Gasteiger partial charge on any atom is -0.382 e. The lowest BCUT2D eigenvalue weighted by Crippen LogP contribution is -2.20. The predicted octanol–water partition coefficient (Wildman–Crippen LogP) is 2.95. The Bertz CT molecular complexity index is 491. The lowest BCUT2D eigenvalue weighted by Gasteiger charge is -2.19. The van der Waals surface area contributed by atoms with Gasteiger partial charge < -0.3 is 5.32 Å². The van der Waals surface area contributed by atoms with Crippen molar-refractivity contribution in [2.45, 2.75) is 45.6 Å². The van der Waals surface area contributed by atoms with E-state index in [9.17, 15) is 9.59 Å². The Morgan fingerprint density at radius 2 is 1.68 bits per heavy atom. The Labute approximate surface area is 113 Å². The summed E-state index contributed by atoms with van der Waals surface area (Å²) in [7, 11) is 0. The molecule has 0 saturated carbocycles. The summed E-state index contributed by atoms with van der Waals surface area (Å²) < 4.78 is 0. The lowest BCUT2D eigenvalue weighted by molar-refractivity contribution is 0.0879. The van der Waals surface area contributed by atoms with Gasteiger partial charge in [-0.3, -0.25) is 14.9 Å². The maximum atomic E-state index is 11.6. The SMILES string of the molecule is CCCC(CCC)Nc1ccc2c(c1)C(=O)NC2=O. The van der Waals surface area contributed by atoms with Crippen LogP contribution in [0, 0.1) is 0 Å². The van der Waals surface area contributed by atoms with Gasteiger partial charge in [0.2, 0.25) is 0 Å². The van der Waals surface area contributed by atoms with Gasteiger partial charge in [-0.1, -0.05) is 26.7 Å². The second-order valence-corrected chi connectivity index (χ2v) is 4.96. The number of amides is 2. The average Bonchev–Trinajstić information content (AvgIpc) is 2.65. The summed E-state index contributed by atoms with van der Waals surface area (Å²) in [6.45, 7) is 4.33. The molecule has 4 heteroatoms. The first-order valence-electron chi connectivity index (χ1n) is 6.92. The smallest absolute Gasteiger partial charge is 0.259 e. The van der Waals surface area contributed by atoms with Crippen molar-refractivity contribution in [3.8, 4) is 0 Å². The molecule has 0 unspecified atom stereocenters. The summed E-state index contributed by atoms with van der Waals surface area (Å²) in [5.41, 5.74) is 1.86. The van der Waals surface area contributed by atoms with E-state index < -0.39 is 0 Å². The molecule has 19 heavy (non-hydrogen) atoms. The molecule has 0 aromatic heterocycles. The Kier molecular flexibility index (Phi) is 4.20. The summed E-state index contributed by atoms with van der Waals surface area (Å²) >= 11 is 0. The van der Waals surface area contributed by atoms with Crippen molar-refractivity contribution in [1.29, 1.82) is 0 Å². The zero-order valence-corrected chi connectivity index (χ0v) is 11.5. The second kappa shape index (κ2) is 5.87. The summed E-state index contributed by atoms with van der Waals surface area (Å²) in [6, 6.07) is 5.78. The Hall–Kier alpha value is -1.84. The van der Waals surface area contributed by atoms with E-state index >= 15 is 0 Å². The zero-order valence-electron chi connectivity index (χ0n) is 11.5. The van der Waals surface area contributed by atoms with Gasteiger partial charge in [0.15, 0.2) is 0 Å². The van der Waals surface area contributed by atoms with E-state index in [0.29, 0.717) is 17.2 Å². The second-order valence-electron chi connectivity index (χ2n) is 4.96. The van der Waals surface area contributed by atoms with Crippen molar-refractivity contribution in [3.63, 3.8) is 0 Å². The monoisotopic (exact) mass is 260 g/mol. The first kappa shape index (κ1) is 13.6. The highest BCUT2D eigenvalue weighted by Crippen LogP contribution is 2.22. The normalized spacial score (nSPS) is 13.6. The number of fused-ring (bicyclic) bond motifs is 1. The number of anilines is 1. The molecule has 2 amide bonds. The molecule has 1 aromatic carbocycles. The highest BCUT2D eigenvalue weighted by molar-refractivity contribution is 6.21.